The van der Waals surface area contributed by atoms with Crippen LogP contribution in [0.1, 0.15) is 6.42 Å². The molecule has 0 heterocycles. The van der Waals surface area contributed by atoms with Crippen molar-refractivity contribution in [3.8, 4) is 5.75 Å². The predicted octanol–water partition coefficient (Wildman–Crippen LogP) is -0.706. The first-order chi connectivity index (χ1) is 4.93. The van der Waals surface area contributed by atoms with Crippen LogP contribution in [0.2, 0.25) is 0 Å². The Kier molecular flexibility index (Phi) is 6.12. The van der Waals surface area contributed by atoms with Crippen LogP contribution in [0.4, 0.5) is 0 Å². The predicted molar refractivity (Wildman–Crippen MR) is 41.9 cm³/mol. The zero-order chi connectivity index (χ0) is 7.23. The number of benzene rings is 1. The van der Waals surface area contributed by atoms with Gasteiger partial charge in [0, 0.05) is 0 Å². The molecule has 11 heavy (non-hydrogen) atoms. The maximum absolute atomic E-state index is 5.29. The summed E-state index contributed by atoms with van der Waals surface area (Å²) in [7, 11) is 0. The molecule has 1 nitrogen and oxygen atoms in total. The molecule has 0 radical (unpaired) electrons. The Balaban J connectivity index is 0.000001000. The van der Waals surface area contributed by atoms with Crippen LogP contribution < -0.4 is 23.6 Å². The Hall–Kier alpha value is -0.383. The summed E-state index contributed by atoms with van der Waals surface area (Å²) in [5, 5.41) is 0. The second-order valence-corrected chi connectivity index (χ2v) is 2.02. The number of ether oxygens (including phenoxy) is 1. The first-order valence-corrected chi connectivity index (χ1v) is 3.40. The van der Waals surface area contributed by atoms with E-state index >= 15 is 0 Å². The van der Waals surface area contributed by atoms with E-state index < -0.39 is 0 Å². The van der Waals surface area contributed by atoms with E-state index in [4.69, 9.17) is 4.74 Å². The van der Waals surface area contributed by atoms with Crippen molar-refractivity contribution in [1.29, 1.82) is 0 Å². The second-order valence-electron chi connectivity index (χ2n) is 2.02. The molecule has 0 aliphatic heterocycles. The molecule has 0 aromatic heterocycles. The van der Waals surface area contributed by atoms with E-state index in [0.717, 1.165) is 12.2 Å². The van der Waals surface area contributed by atoms with Crippen molar-refractivity contribution >= 4 is 0 Å². The van der Waals surface area contributed by atoms with E-state index in [9.17, 15) is 0 Å². The SMILES string of the molecule is [CH2-]CCOc1ccccc1.[Li+]. The molecule has 0 aliphatic carbocycles. The Morgan fingerprint density at radius 2 is 1.82 bits per heavy atom. The van der Waals surface area contributed by atoms with Crippen molar-refractivity contribution in [1.82, 2.24) is 0 Å². The van der Waals surface area contributed by atoms with E-state index in [0.29, 0.717) is 6.61 Å². The average molecular weight is 142 g/mol. The Morgan fingerprint density at radius 3 is 2.36 bits per heavy atom. The van der Waals surface area contributed by atoms with Gasteiger partial charge in [0.05, 0.1) is 6.61 Å². The van der Waals surface area contributed by atoms with Crippen molar-refractivity contribution in [2.45, 2.75) is 6.42 Å². The zero-order valence-electron chi connectivity index (χ0n) is 6.92. The average Bonchev–Trinajstić information content (AvgIpc) is 2.03. The van der Waals surface area contributed by atoms with Gasteiger partial charge in [-0.3, -0.25) is 0 Å². The van der Waals surface area contributed by atoms with Gasteiger partial charge in [-0.25, -0.2) is 0 Å². The number of hydrogen-bond donors (Lipinski definition) is 0. The van der Waals surface area contributed by atoms with E-state index in [2.05, 4.69) is 6.92 Å². The summed E-state index contributed by atoms with van der Waals surface area (Å²) in [5.74, 6) is 0.922. The minimum Gasteiger partial charge on any atom is -0.496 e. The normalized spacial score (nSPS) is 8.45. The third-order valence-corrected chi connectivity index (χ3v) is 1.16. The maximum Gasteiger partial charge on any atom is 1.00 e. The molecule has 1 aromatic carbocycles. The van der Waals surface area contributed by atoms with Crippen molar-refractivity contribution in [3.63, 3.8) is 0 Å². The minimum absolute atomic E-state index is 0. The van der Waals surface area contributed by atoms with E-state index in [1.165, 1.54) is 0 Å². The summed E-state index contributed by atoms with van der Waals surface area (Å²) in [4.78, 5) is 0. The van der Waals surface area contributed by atoms with Gasteiger partial charge in [0.15, 0.2) is 0 Å². The molecule has 0 N–H and O–H groups in total. The van der Waals surface area contributed by atoms with Gasteiger partial charge in [0.2, 0.25) is 0 Å². The fourth-order valence-corrected chi connectivity index (χ4v) is 0.707. The Labute approximate surface area is 79.9 Å². The van der Waals surface area contributed by atoms with Crippen LogP contribution in [0.5, 0.6) is 5.75 Å². The summed E-state index contributed by atoms with van der Waals surface area (Å²) in [6.45, 7) is 4.37. The molecule has 2 heteroatoms. The van der Waals surface area contributed by atoms with Crippen molar-refractivity contribution < 1.29 is 23.6 Å². The van der Waals surface area contributed by atoms with Gasteiger partial charge in [0.1, 0.15) is 5.75 Å². The Morgan fingerprint density at radius 1 is 1.18 bits per heavy atom. The van der Waals surface area contributed by atoms with Gasteiger partial charge in [-0.05, 0) is 12.1 Å². The summed E-state index contributed by atoms with van der Waals surface area (Å²) in [5.41, 5.74) is 0. The van der Waals surface area contributed by atoms with Crippen molar-refractivity contribution in [2.24, 2.45) is 0 Å². The molecule has 0 spiro atoms. The van der Waals surface area contributed by atoms with Crippen LogP contribution in [0.15, 0.2) is 30.3 Å². The summed E-state index contributed by atoms with van der Waals surface area (Å²) < 4.78 is 5.29. The largest absolute Gasteiger partial charge is 1.00 e. The van der Waals surface area contributed by atoms with Crippen LogP contribution in [0, 0.1) is 6.92 Å². The summed E-state index contributed by atoms with van der Waals surface area (Å²) in [6.07, 6.45) is 0.814. The zero-order valence-corrected chi connectivity index (χ0v) is 6.92. The van der Waals surface area contributed by atoms with Gasteiger partial charge >= 0.3 is 18.9 Å². The molecular formula is C9H11LiO. The minimum atomic E-state index is 0. The van der Waals surface area contributed by atoms with Gasteiger partial charge in [-0.15, -0.1) is 6.42 Å². The third-order valence-electron chi connectivity index (χ3n) is 1.16. The van der Waals surface area contributed by atoms with E-state index in [1.807, 2.05) is 30.3 Å². The quantitative estimate of drug-likeness (QED) is 0.400. The molecule has 0 aliphatic rings. The molecule has 0 bridgehead atoms. The molecule has 1 aromatic rings. The summed E-state index contributed by atoms with van der Waals surface area (Å²) in [6, 6.07) is 9.76. The molecule has 0 saturated carbocycles. The second kappa shape index (κ2) is 6.34. The number of hydrogen-bond acceptors (Lipinski definition) is 1. The van der Waals surface area contributed by atoms with Gasteiger partial charge in [-0.1, -0.05) is 18.2 Å². The molecular weight excluding hydrogens is 131 g/mol. The van der Waals surface area contributed by atoms with Gasteiger partial charge in [-0.2, -0.15) is 0 Å². The van der Waals surface area contributed by atoms with Crippen LogP contribution >= 0.6 is 0 Å². The van der Waals surface area contributed by atoms with Gasteiger partial charge in [0.25, 0.3) is 0 Å². The number of rotatable bonds is 3. The first kappa shape index (κ1) is 10.6. The molecule has 0 atom stereocenters. The molecule has 0 saturated heterocycles. The van der Waals surface area contributed by atoms with Gasteiger partial charge < -0.3 is 11.7 Å². The third kappa shape index (κ3) is 4.13. The fraction of sp³-hybridized carbons (Fsp3) is 0.222. The van der Waals surface area contributed by atoms with E-state index in [1.54, 1.807) is 0 Å². The van der Waals surface area contributed by atoms with Crippen molar-refractivity contribution in [2.75, 3.05) is 6.61 Å². The first-order valence-electron chi connectivity index (χ1n) is 3.40. The smallest absolute Gasteiger partial charge is 0.496 e. The molecule has 0 unspecified atom stereocenters. The fourth-order valence-electron chi connectivity index (χ4n) is 0.707. The van der Waals surface area contributed by atoms with Crippen LogP contribution in [-0.4, -0.2) is 6.61 Å². The summed E-state index contributed by atoms with van der Waals surface area (Å²) >= 11 is 0. The van der Waals surface area contributed by atoms with Crippen molar-refractivity contribution in [3.05, 3.63) is 37.3 Å². The molecule has 54 valence electrons. The maximum atomic E-state index is 5.29. The number of para-hydroxylation sites is 1. The molecule has 1 rings (SSSR count). The topological polar surface area (TPSA) is 9.23 Å². The molecule has 0 fully saturated rings. The van der Waals surface area contributed by atoms with Crippen LogP contribution in [0.3, 0.4) is 0 Å². The van der Waals surface area contributed by atoms with E-state index in [-0.39, 0.29) is 18.9 Å². The standard InChI is InChI=1S/C9H11O.Li/c1-2-8-10-9-6-4-3-5-7-9;/h3-7H,1-2,8H2;/q-1;+1. The Bertz CT molecular complexity index is 174. The monoisotopic (exact) mass is 142 g/mol. The molecule has 0 amide bonds. The van der Waals surface area contributed by atoms with Crippen LogP contribution in [-0.2, 0) is 0 Å². The van der Waals surface area contributed by atoms with Crippen LogP contribution in [0.25, 0.3) is 0 Å².